The number of nitriles is 1. The Morgan fingerprint density at radius 3 is 2.82 bits per heavy atom. The second-order valence-electron chi connectivity index (χ2n) is 5.06. The zero-order valence-corrected chi connectivity index (χ0v) is 12.1. The highest BCUT2D eigenvalue weighted by Crippen LogP contribution is 2.37. The highest BCUT2D eigenvalue weighted by Gasteiger charge is 2.38. The molecule has 0 radical (unpaired) electrons. The van der Waals surface area contributed by atoms with E-state index in [0.717, 1.165) is 25.8 Å². The van der Waals surface area contributed by atoms with E-state index in [2.05, 4.69) is 37.0 Å². The van der Waals surface area contributed by atoms with Crippen LogP contribution < -0.4 is 5.32 Å². The van der Waals surface area contributed by atoms with E-state index in [1.807, 2.05) is 0 Å². The van der Waals surface area contributed by atoms with Gasteiger partial charge in [-0.05, 0) is 44.4 Å². The van der Waals surface area contributed by atoms with E-state index in [4.69, 9.17) is 0 Å². The van der Waals surface area contributed by atoms with E-state index in [0.29, 0.717) is 5.25 Å². The molecule has 0 aromatic heterocycles. The molecule has 2 nitrogen and oxygen atoms in total. The molecule has 1 rings (SSSR count). The monoisotopic (exact) mass is 254 g/mol. The van der Waals surface area contributed by atoms with Crippen molar-refractivity contribution in [3.63, 3.8) is 0 Å². The first-order valence-corrected chi connectivity index (χ1v) is 8.09. The molecule has 0 aliphatic heterocycles. The van der Waals surface area contributed by atoms with Gasteiger partial charge in [-0.25, -0.2) is 0 Å². The Hall–Kier alpha value is -0.200. The highest BCUT2D eigenvalue weighted by atomic mass is 32.2. The average Bonchev–Trinajstić information content (AvgIpc) is 2.77. The van der Waals surface area contributed by atoms with Crippen LogP contribution in [0, 0.1) is 11.3 Å². The fourth-order valence-corrected chi connectivity index (χ4v) is 3.80. The third-order valence-electron chi connectivity index (χ3n) is 3.50. The predicted octanol–water partition coefficient (Wildman–Crippen LogP) is 3.72. The zero-order valence-electron chi connectivity index (χ0n) is 11.3. The van der Waals surface area contributed by atoms with Gasteiger partial charge in [0.25, 0.3) is 0 Å². The summed E-state index contributed by atoms with van der Waals surface area (Å²) in [7, 11) is 0. The van der Waals surface area contributed by atoms with Crippen molar-refractivity contribution in [1.82, 2.24) is 5.32 Å². The summed E-state index contributed by atoms with van der Waals surface area (Å²) in [6.07, 6.45) is 8.37. The number of hydrogen-bond acceptors (Lipinski definition) is 3. The van der Waals surface area contributed by atoms with Gasteiger partial charge in [0.2, 0.25) is 0 Å². The molecule has 0 aromatic rings. The van der Waals surface area contributed by atoms with E-state index in [1.54, 1.807) is 0 Å². The Labute approximate surface area is 111 Å². The Morgan fingerprint density at radius 2 is 2.18 bits per heavy atom. The number of nitrogens with zero attached hydrogens (tertiary/aromatic N) is 1. The first-order chi connectivity index (χ1) is 8.26. The first kappa shape index (κ1) is 14.9. The van der Waals surface area contributed by atoms with Crippen LogP contribution in [-0.2, 0) is 0 Å². The van der Waals surface area contributed by atoms with E-state index in [9.17, 15) is 5.26 Å². The number of thioether (sulfide) groups is 1. The van der Waals surface area contributed by atoms with Crippen molar-refractivity contribution in [2.75, 3.05) is 12.3 Å². The van der Waals surface area contributed by atoms with Crippen LogP contribution >= 0.6 is 11.8 Å². The number of rotatable bonds is 8. The van der Waals surface area contributed by atoms with Crippen LogP contribution in [0.25, 0.3) is 0 Å². The number of unbranched alkanes of at least 4 members (excludes halogenated alkanes) is 2. The number of hydrogen-bond donors (Lipinski definition) is 1. The lowest BCUT2D eigenvalue weighted by Crippen LogP contribution is -2.42. The van der Waals surface area contributed by atoms with Gasteiger partial charge < -0.3 is 0 Å². The van der Waals surface area contributed by atoms with Gasteiger partial charge in [0.1, 0.15) is 5.54 Å². The Morgan fingerprint density at radius 1 is 1.35 bits per heavy atom. The van der Waals surface area contributed by atoms with Crippen molar-refractivity contribution in [2.45, 2.75) is 69.6 Å². The summed E-state index contributed by atoms with van der Waals surface area (Å²) in [6, 6.07) is 2.52. The normalized spacial score (nSPS) is 28.2. The van der Waals surface area contributed by atoms with Crippen molar-refractivity contribution < 1.29 is 0 Å². The maximum Gasteiger partial charge on any atom is 0.107 e. The molecular formula is C14H26N2S. The van der Waals surface area contributed by atoms with Crippen LogP contribution in [0.5, 0.6) is 0 Å². The molecular weight excluding hydrogens is 228 g/mol. The molecule has 1 aliphatic carbocycles. The lowest BCUT2D eigenvalue weighted by atomic mass is 10.00. The minimum atomic E-state index is -0.210. The van der Waals surface area contributed by atoms with E-state index < -0.39 is 0 Å². The molecule has 1 aliphatic rings. The first-order valence-electron chi connectivity index (χ1n) is 7.04. The van der Waals surface area contributed by atoms with Crippen molar-refractivity contribution in [1.29, 1.82) is 5.26 Å². The molecule has 0 saturated heterocycles. The molecule has 1 N–H and O–H groups in total. The minimum absolute atomic E-state index is 0.210. The average molecular weight is 254 g/mol. The molecule has 0 aromatic carbocycles. The SMILES string of the molecule is CCCCCSC1CCC(C#N)(NCCC)C1. The second-order valence-corrected chi connectivity index (χ2v) is 6.47. The quantitative estimate of drug-likeness (QED) is 0.671. The van der Waals surface area contributed by atoms with Gasteiger partial charge in [0.05, 0.1) is 6.07 Å². The van der Waals surface area contributed by atoms with Gasteiger partial charge in [-0.2, -0.15) is 17.0 Å². The molecule has 0 heterocycles. The van der Waals surface area contributed by atoms with Crippen LogP contribution in [0.4, 0.5) is 0 Å². The Bertz CT molecular complexity index is 249. The lowest BCUT2D eigenvalue weighted by Gasteiger charge is -2.22. The smallest absolute Gasteiger partial charge is 0.107 e. The summed E-state index contributed by atoms with van der Waals surface area (Å²) >= 11 is 2.08. The van der Waals surface area contributed by atoms with Crippen molar-refractivity contribution in [3.05, 3.63) is 0 Å². The molecule has 98 valence electrons. The van der Waals surface area contributed by atoms with E-state index in [-0.39, 0.29) is 5.54 Å². The summed E-state index contributed by atoms with van der Waals surface area (Å²) in [5, 5.41) is 13.5. The van der Waals surface area contributed by atoms with Crippen molar-refractivity contribution in [3.8, 4) is 6.07 Å². The van der Waals surface area contributed by atoms with Gasteiger partial charge >= 0.3 is 0 Å². The van der Waals surface area contributed by atoms with Gasteiger partial charge in [-0.15, -0.1) is 0 Å². The summed E-state index contributed by atoms with van der Waals surface area (Å²) in [4.78, 5) is 0. The molecule has 0 bridgehead atoms. The van der Waals surface area contributed by atoms with Crippen LogP contribution in [0.15, 0.2) is 0 Å². The predicted molar refractivity (Wildman–Crippen MR) is 76.3 cm³/mol. The van der Waals surface area contributed by atoms with Crippen molar-refractivity contribution >= 4 is 11.8 Å². The lowest BCUT2D eigenvalue weighted by molar-refractivity contribution is 0.424. The summed E-state index contributed by atoms with van der Waals surface area (Å²) in [6.45, 7) is 5.38. The fraction of sp³-hybridized carbons (Fsp3) is 0.929. The maximum absolute atomic E-state index is 9.35. The van der Waals surface area contributed by atoms with Gasteiger partial charge in [0.15, 0.2) is 0 Å². The van der Waals surface area contributed by atoms with E-state index in [1.165, 1.54) is 31.4 Å². The second kappa shape index (κ2) is 8.00. The molecule has 17 heavy (non-hydrogen) atoms. The summed E-state index contributed by atoms with van der Waals surface area (Å²) in [5.74, 6) is 1.27. The van der Waals surface area contributed by atoms with Gasteiger partial charge in [-0.1, -0.05) is 26.7 Å². The third-order valence-corrected chi connectivity index (χ3v) is 4.90. The van der Waals surface area contributed by atoms with Crippen molar-refractivity contribution in [2.24, 2.45) is 0 Å². The van der Waals surface area contributed by atoms with Crippen LogP contribution in [0.1, 0.15) is 58.8 Å². The van der Waals surface area contributed by atoms with Crippen LogP contribution in [0.2, 0.25) is 0 Å². The molecule has 0 amide bonds. The molecule has 0 spiro atoms. The molecule has 1 fully saturated rings. The molecule has 1 saturated carbocycles. The Kier molecular flexibility index (Phi) is 6.99. The standard InChI is InChI=1S/C14H26N2S/c1-3-5-6-10-17-13-7-8-14(11-13,12-15)16-9-4-2/h13,16H,3-11H2,1-2H3. The zero-order chi connectivity index (χ0) is 12.6. The third kappa shape index (κ3) is 4.89. The summed E-state index contributed by atoms with van der Waals surface area (Å²) in [5.41, 5.74) is -0.210. The van der Waals surface area contributed by atoms with Gasteiger partial charge in [-0.3, -0.25) is 5.32 Å². The van der Waals surface area contributed by atoms with Gasteiger partial charge in [0, 0.05) is 5.25 Å². The largest absolute Gasteiger partial charge is 0.299 e. The van der Waals surface area contributed by atoms with E-state index >= 15 is 0 Å². The maximum atomic E-state index is 9.35. The molecule has 2 atom stereocenters. The van der Waals surface area contributed by atoms with Crippen LogP contribution in [0.3, 0.4) is 0 Å². The number of nitrogens with one attached hydrogen (secondary N) is 1. The topological polar surface area (TPSA) is 35.8 Å². The fourth-order valence-electron chi connectivity index (χ4n) is 2.41. The minimum Gasteiger partial charge on any atom is -0.299 e. The Balaban J connectivity index is 2.27. The molecule has 2 unspecified atom stereocenters. The summed E-state index contributed by atoms with van der Waals surface area (Å²) < 4.78 is 0. The van der Waals surface area contributed by atoms with Crippen LogP contribution in [-0.4, -0.2) is 23.1 Å². The highest BCUT2D eigenvalue weighted by molar-refractivity contribution is 7.99. The molecule has 3 heteroatoms.